The maximum Gasteiger partial charge on any atom is 0.141 e. The van der Waals surface area contributed by atoms with Crippen LogP contribution < -0.4 is 0 Å². The lowest BCUT2D eigenvalue weighted by Crippen LogP contribution is -2.46. The van der Waals surface area contributed by atoms with Crippen LogP contribution in [0, 0.1) is 0 Å². The van der Waals surface area contributed by atoms with Gasteiger partial charge in [-0.25, -0.2) is 0 Å². The Balaban J connectivity index is 2.01. The summed E-state index contributed by atoms with van der Waals surface area (Å²) < 4.78 is 13.3. The van der Waals surface area contributed by atoms with E-state index in [2.05, 4.69) is 46.9 Å². The summed E-state index contributed by atoms with van der Waals surface area (Å²) in [5, 5.41) is 0. The molecule has 1 heterocycles. The zero-order chi connectivity index (χ0) is 13.8. The summed E-state index contributed by atoms with van der Waals surface area (Å²) in [5.74, 6) is 0. The van der Waals surface area contributed by atoms with Crippen LogP contribution in [-0.2, 0) is 15.1 Å². The van der Waals surface area contributed by atoms with E-state index in [9.17, 15) is 0 Å². The van der Waals surface area contributed by atoms with E-state index in [-0.39, 0.29) is 6.10 Å². The standard InChI is InChI=1S/C17H17IO2/c18-11-16-12-20-17(13-19-16,14-7-3-1-4-8-14)15-9-5-2-6-10-15/h1-10,16H,11-13H2. The van der Waals surface area contributed by atoms with E-state index in [1.807, 2.05) is 36.4 Å². The molecule has 3 rings (SSSR count). The second kappa shape index (κ2) is 6.24. The number of hydrogen-bond acceptors (Lipinski definition) is 2. The van der Waals surface area contributed by atoms with Crippen LogP contribution in [0.2, 0.25) is 0 Å². The predicted molar refractivity (Wildman–Crippen MR) is 88.2 cm³/mol. The number of benzene rings is 2. The molecule has 0 bridgehead atoms. The highest BCUT2D eigenvalue weighted by atomic mass is 127. The Labute approximate surface area is 133 Å². The summed E-state index contributed by atoms with van der Waals surface area (Å²) in [7, 11) is 0. The quantitative estimate of drug-likeness (QED) is 0.596. The predicted octanol–water partition coefficient (Wildman–Crippen LogP) is 3.78. The number of hydrogen-bond donors (Lipinski definition) is 0. The van der Waals surface area contributed by atoms with Gasteiger partial charge in [0.25, 0.3) is 0 Å². The molecule has 104 valence electrons. The number of rotatable bonds is 3. The van der Waals surface area contributed by atoms with Gasteiger partial charge in [0, 0.05) is 4.43 Å². The molecule has 1 fully saturated rings. The van der Waals surface area contributed by atoms with Crippen LogP contribution in [0.15, 0.2) is 60.7 Å². The van der Waals surface area contributed by atoms with Gasteiger partial charge >= 0.3 is 0 Å². The van der Waals surface area contributed by atoms with Crippen molar-refractivity contribution in [3.8, 4) is 0 Å². The third-order valence-corrected chi connectivity index (χ3v) is 4.67. The zero-order valence-electron chi connectivity index (χ0n) is 11.2. The average molecular weight is 380 g/mol. The molecule has 2 aromatic rings. The van der Waals surface area contributed by atoms with E-state index < -0.39 is 5.60 Å². The lowest BCUT2D eigenvalue weighted by atomic mass is 9.86. The number of alkyl halides is 1. The Morgan fingerprint density at radius 1 is 0.950 bits per heavy atom. The summed E-state index contributed by atoms with van der Waals surface area (Å²) in [5.41, 5.74) is 1.82. The Morgan fingerprint density at radius 3 is 1.90 bits per heavy atom. The van der Waals surface area contributed by atoms with Gasteiger partial charge in [0.1, 0.15) is 5.60 Å². The molecular weight excluding hydrogens is 363 g/mol. The normalized spacial score (nSPS) is 21.6. The van der Waals surface area contributed by atoms with Crippen molar-refractivity contribution >= 4 is 22.6 Å². The van der Waals surface area contributed by atoms with E-state index in [1.54, 1.807) is 0 Å². The molecule has 20 heavy (non-hydrogen) atoms. The molecule has 1 atom stereocenters. The topological polar surface area (TPSA) is 18.5 Å². The maximum absolute atomic E-state index is 6.31. The van der Waals surface area contributed by atoms with Crippen LogP contribution >= 0.6 is 22.6 Å². The maximum atomic E-state index is 6.31. The molecule has 1 saturated heterocycles. The van der Waals surface area contributed by atoms with Crippen molar-refractivity contribution in [3.63, 3.8) is 0 Å². The van der Waals surface area contributed by atoms with E-state index in [1.165, 1.54) is 0 Å². The fourth-order valence-electron chi connectivity index (χ4n) is 2.56. The molecule has 3 heteroatoms. The van der Waals surface area contributed by atoms with Gasteiger partial charge in [-0.2, -0.15) is 0 Å². The SMILES string of the molecule is ICC1COC(c2ccccc2)(c2ccccc2)CO1. The number of ether oxygens (including phenoxy) is 2. The third kappa shape index (κ3) is 2.62. The van der Waals surface area contributed by atoms with Gasteiger partial charge in [-0.1, -0.05) is 83.3 Å². The van der Waals surface area contributed by atoms with Crippen LogP contribution in [0.25, 0.3) is 0 Å². The van der Waals surface area contributed by atoms with Crippen molar-refractivity contribution < 1.29 is 9.47 Å². The zero-order valence-corrected chi connectivity index (χ0v) is 13.3. The highest BCUT2D eigenvalue weighted by molar-refractivity contribution is 14.1. The first-order valence-corrected chi connectivity index (χ1v) is 8.30. The molecule has 0 N–H and O–H groups in total. The van der Waals surface area contributed by atoms with E-state index in [4.69, 9.17) is 9.47 Å². The Hall–Kier alpha value is -0.910. The summed E-state index contributed by atoms with van der Waals surface area (Å²) in [4.78, 5) is 0. The Kier molecular flexibility index (Phi) is 4.38. The van der Waals surface area contributed by atoms with Gasteiger partial charge in [-0.05, 0) is 11.1 Å². The molecule has 0 aliphatic carbocycles. The minimum atomic E-state index is -0.481. The summed E-state index contributed by atoms with van der Waals surface area (Å²) >= 11 is 2.34. The fourth-order valence-corrected chi connectivity index (χ4v) is 3.07. The monoisotopic (exact) mass is 380 g/mol. The van der Waals surface area contributed by atoms with Crippen LogP contribution in [-0.4, -0.2) is 23.7 Å². The molecule has 0 amide bonds. The lowest BCUT2D eigenvalue weighted by Gasteiger charge is -2.40. The van der Waals surface area contributed by atoms with Crippen molar-refractivity contribution in [1.82, 2.24) is 0 Å². The van der Waals surface area contributed by atoms with Crippen LogP contribution in [0.3, 0.4) is 0 Å². The first-order chi connectivity index (χ1) is 9.85. The van der Waals surface area contributed by atoms with Crippen molar-refractivity contribution in [3.05, 3.63) is 71.8 Å². The van der Waals surface area contributed by atoms with Gasteiger partial charge in [0.2, 0.25) is 0 Å². The average Bonchev–Trinajstić information content (AvgIpc) is 2.56. The minimum Gasteiger partial charge on any atom is -0.371 e. The van der Waals surface area contributed by atoms with Crippen molar-refractivity contribution in [1.29, 1.82) is 0 Å². The first kappa shape index (κ1) is 14.0. The minimum absolute atomic E-state index is 0.191. The molecule has 1 unspecified atom stereocenters. The lowest BCUT2D eigenvalue weighted by molar-refractivity contribution is -0.169. The van der Waals surface area contributed by atoms with Crippen molar-refractivity contribution in [2.75, 3.05) is 17.6 Å². The second-order valence-corrected chi connectivity index (χ2v) is 5.84. The molecule has 0 saturated carbocycles. The van der Waals surface area contributed by atoms with Gasteiger partial charge in [-0.15, -0.1) is 0 Å². The molecule has 0 radical (unpaired) electrons. The Morgan fingerprint density at radius 2 is 1.50 bits per heavy atom. The first-order valence-electron chi connectivity index (χ1n) is 6.78. The van der Waals surface area contributed by atoms with Crippen molar-refractivity contribution in [2.24, 2.45) is 0 Å². The van der Waals surface area contributed by atoms with E-state index in [0.29, 0.717) is 13.2 Å². The highest BCUT2D eigenvalue weighted by Crippen LogP contribution is 2.37. The summed E-state index contributed by atoms with van der Waals surface area (Å²) in [6, 6.07) is 20.7. The Bertz CT molecular complexity index is 492. The number of halogens is 1. The molecule has 0 spiro atoms. The van der Waals surface area contributed by atoms with E-state index in [0.717, 1.165) is 15.6 Å². The fraction of sp³-hybridized carbons (Fsp3) is 0.294. The third-order valence-electron chi connectivity index (χ3n) is 3.69. The molecule has 0 aromatic heterocycles. The smallest absolute Gasteiger partial charge is 0.141 e. The summed E-state index contributed by atoms with van der Waals surface area (Å²) in [6.07, 6.45) is 0.191. The van der Waals surface area contributed by atoms with Gasteiger partial charge in [0.05, 0.1) is 19.3 Å². The second-order valence-electron chi connectivity index (χ2n) is 4.96. The van der Waals surface area contributed by atoms with Crippen molar-refractivity contribution in [2.45, 2.75) is 11.7 Å². The molecular formula is C17H17IO2. The van der Waals surface area contributed by atoms with Crippen LogP contribution in [0.4, 0.5) is 0 Å². The molecule has 1 aliphatic heterocycles. The molecule has 1 aliphatic rings. The van der Waals surface area contributed by atoms with Gasteiger partial charge in [0.15, 0.2) is 0 Å². The van der Waals surface area contributed by atoms with Gasteiger partial charge in [-0.3, -0.25) is 0 Å². The van der Waals surface area contributed by atoms with E-state index >= 15 is 0 Å². The largest absolute Gasteiger partial charge is 0.371 e. The summed E-state index contributed by atoms with van der Waals surface area (Å²) in [6.45, 7) is 1.20. The highest BCUT2D eigenvalue weighted by Gasteiger charge is 2.40. The molecule has 2 nitrogen and oxygen atoms in total. The molecule has 2 aromatic carbocycles. The van der Waals surface area contributed by atoms with Gasteiger partial charge < -0.3 is 9.47 Å². The van der Waals surface area contributed by atoms with Crippen LogP contribution in [0.5, 0.6) is 0 Å². The van der Waals surface area contributed by atoms with Crippen LogP contribution in [0.1, 0.15) is 11.1 Å².